The smallest absolute Gasteiger partial charge is 0.242 e. The lowest BCUT2D eigenvalue weighted by atomic mass is 10.1. The summed E-state index contributed by atoms with van der Waals surface area (Å²) >= 11 is 5.97. The SMILES string of the molecule is CC[C@H](C(=O)NCC(C)C)N(Cc1ccc(Cl)cc1)C(=O)Cc1ccc(F)cc1. The van der Waals surface area contributed by atoms with Crippen LogP contribution in [0.2, 0.25) is 5.02 Å². The van der Waals surface area contributed by atoms with Crippen LogP contribution in [0, 0.1) is 11.7 Å². The molecule has 0 heterocycles. The van der Waals surface area contributed by atoms with Gasteiger partial charge in [0.05, 0.1) is 6.42 Å². The molecule has 0 aromatic heterocycles. The van der Waals surface area contributed by atoms with Crippen molar-refractivity contribution in [3.63, 3.8) is 0 Å². The Bertz CT molecular complexity index is 807. The summed E-state index contributed by atoms with van der Waals surface area (Å²) in [6.45, 7) is 6.78. The molecule has 1 atom stereocenters. The highest BCUT2D eigenvalue weighted by molar-refractivity contribution is 6.30. The third kappa shape index (κ3) is 7.17. The van der Waals surface area contributed by atoms with E-state index in [0.29, 0.717) is 36.0 Å². The topological polar surface area (TPSA) is 49.4 Å². The molecular formula is C23H28ClFN2O2. The van der Waals surface area contributed by atoms with E-state index in [1.54, 1.807) is 29.2 Å². The summed E-state index contributed by atoms with van der Waals surface area (Å²) in [6.07, 6.45) is 0.592. The molecule has 0 fully saturated rings. The molecule has 0 spiro atoms. The van der Waals surface area contributed by atoms with Crippen molar-refractivity contribution < 1.29 is 14.0 Å². The van der Waals surface area contributed by atoms with Crippen molar-refractivity contribution in [2.24, 2.45) is 5.92 Å². The number of benzene rings is 2. The zero-order valence-electron chi connectivity index (χ0n) is 17.1. The minimum Gasteiger partial charge on any atom is -0.354 e. The van der Waals surface area contributed by atoms with Crippen molar-refractivity contribution in [3.05, 3.63) is 70.5 Å². The van der Waals surface area contributed by atoms with Crippen molar-refractivity contribution in [3.8, 4) is 0 Å². The zero-order valence-corrected chi connectivity index (χ0v) is 17.9. The summed E-state index contributed by atoms with van der Waals surface area (Å²) in [5.41, 5.74) is 1.59. The Labute approximate surface area is 177 Å². The number of carbonyl (C=O) groups is 2. The number of nitrogens with zero attached hydrogens (tertiary/aromatic N) is 1. The van der Waals surface area contributed by atoms with E-state index in [2.05, 4.69) is 5.32 Å². The minimum atomic E-state index is -0.586. The minimum absolute atomic E-state index is 0.0990. The molecule has 0 unspecified atom stereocenters. The molecule has 2 aromatic carbocycles. The quantitative estimate of drug-likeness (QED) is 0.646. The summed E-state index contributed by atoms with van der Waals surface area (Å²) in [5.74, 6) is -0.379. The van der Waals surface area contributed by atoms with Crippen molar-refractivity contribution in [1.29, 1.82) is 0 Å². The second-order valence-electron chi connectivity index (χ2n) is 7.51. The van der Waals surface area contributed by atoms with Crippen LogP contribution < -0.4 is 5.32 Å². The Kier molecular flexibility index (Phi) is 8.65. The number of amides is 2. The maximum atomic E-state index is 13.2. The number of hydrogen-bond donors (Lipinski definition) is 1. The molecular weight excluding hydrogens is 391 g/mol. The maximum Gasteiger partial charge on any atom is 0.242 e. The van der Waals surface area contributed by atoms with Crippen molar-refractivity contribution in [1.82, 2.24) is 10.2 Å². The van der Waals surface area contributed by atoms with Gasteiger partial charge < -0.3 is 10.2 Å². The molecule has 0 aliphatic heterocycles. The maximum absolute atomic E-state index is 13.2. The summed E-state index contributed by atoms with van der Waals surface area (Å²) in [7, 11) is 0. The fourth-order valence-electron chi connectivity index (χ4n) is 3.01. The Morgan fingerprint density at radius 1 is 1.03 bits per heavy atom. The van der Waals surface area contributed by atoms with Crippen LogP contribution in [0.25, 0.3) is 0 Å². The van der Waals surface area contributed by atoms with Gasteiger partial charge in [-0.05, 0) is 47.7 Å². The van der Waals surface area contributed by atoms with E-state index in [9.17, 15) is 14.0 Å². The molecule has 2 amide bonds. The van der Waals surface area contributed by atoms with Gasteiger partial charge in [-0.15, -0.1) is 0 Å². The average molecular weight is 419 g/mol. The highest BCUT2D eigenvalue weighted by Gasteiger charge is 2.28. The van der Waals surface area contributed by atoms with Gasteiger partial charge in [0.15, 0.2) is 0 Å². The summed E-state index contributed by atoms with van der Waals surface area (Å²) in [4.78, 5) is 27.5. The summed E-state index contributed by atoms with van der Waals surface area (Å²) in [5, 5.41) is 3.54. The van der Waals surface area contributed by atoms with Gasteiger partial charge in [-0.2, -0.15) is 0 Å². The lowest BCUT2D eigenvalue weighted by Crippen LogP contribution is -2.50. The van der Waals surface area contributed by atoms with E-state index in [1.165, 1.54) is 12.1 Å². The molecule has 6 heteroatoms. The first-order valence-corrected chi connectivity index (χ1v) is 10.2. The number of halogens is 2. The first kappa shape index (κ1) is 22.9. The van der Waals surface area contributed by atoms with Crippen molar-refractivity contribution in [2.45, 2.75) is 46.2 Å². The predicted molar refractivity (Wildman–Crippen MR) is 114 cm³/mol. The Morgan fingerprint density at radius 3 is 2.17 bits per heavy atom. The van der Waals surface area contributed by atoms with Crippen LogP contribution in [0.3, 0.4) is 0 Å². The van der Waals surface area contributed by atoms with Crippen LogP contribution in [0.5, 0.6) is 0 Å². The molecule has 0 saturated heterocycles. The second kappa shape index (κ2) is 11.0. The lowest BCUT2D eigenvalue weighted by Gasteiger charge is -2.31. The lowest BCUT2D eigenvalue weighted by molar-refractivity contribution is -0.141. The van der Waals surface area contributed by atoms with Gasteiger partial charge in [-0.1, -0.05) is 56.6 Å². The van der Waals surface area contributed by atoms with Gasteiger partial charge in [-0.3, -0.25) is 9.59 Å². The third-order valence-electron chi connectivity index (χ3n) is 4.61. The van der Waals surface area contributed by atoms with Crippen LogP contribution in [0.4, 0.5) is 4.39 Å². The monoisotopic (exact) mass is 418 g/mol. The standard InChI is InChI=1S/C23H28ClFN2O2/c1-4-21(23(29)26-14-16(2)3)27(15-18-5-9-19(24)10-6-18)22(28)13-17-7-11-20(25)12-8-17/h5-12,16,21H,4,13-15H2,1-3H3,(H,26,29)/t21-/m1/s1. The van der Waals surface area contributed by atoms with Gasteiger partial charge in [0.2, 0.25) is 11.8 Å². The fraction of sp³-hybridized carbons (Fsp3) is 0.391. The van der Waals surface area contributed by atoms with Gasteiger partial charge >= 0.3 is 0 Å². The number of rotatable bonds is 9. The van der Waals surface area contributed by atoms with Crippen LogP contribution in [-0.4, -0.2) is 29.3 Å². The molecule has 0 aliphatic carbocycles. The Hall–Kier alpha value is -2.40. The molecule has 0 saturated carbocycles. The van der Waals surface area contributed by atoms with E-state index in [0.717, 1.165) is 5.56 Å². The first-order chi connectivity index (χ1) is 13.8. The van der Waals surface area contributed by atoms with Crippen molar-refractivity contribution in [2.75, 3.05) is 6.54 Å². The molecule has 0 aliphatic rings. The van der Waals surface area contributed by atoms with Gasteiger partial charge in [0.25, 0.3) is 0 Å². The average Bonchev–Trinajstić information content (AvgIpc) is 2.69. The van der Waals surface area contributed by atoms with Crippen LogP contribution >= 0.6 is 11.6 Å². The molecule has 1 N–H and O–H groups in total. The van der Waals surface area contributed by atoms with E-state index < -0.39 is 6.04 Å². The van der Waals surface area contributed by atoms with E-state index >= 15 is 0 Å². The molecule has 2 rings (SSSR count). The van der Waals surface area contributed by atoms with E-state index in [4.69, 9.17) is 11.6 Å². The number of nitrogens with one attached hydrogen (secondary N) is 1. The number of carbonyl (C=O) groups excluding carboxylic acids is 2. The summed E-state index contributed by atoms with van der Waals surface area (Å²) < 4.78 is 13.2. The highest BCUT2D eigenvalue weighted by Crippen LogP contribution is 2.17. The molecule has 4 nitrogen and oxygen atoms in total. The Morgan fingerprint density at radius 2 is 1.62 bits per heavy atom. The van der Waals surface area contributed by atoms with Gasteiger partial charge in [0, 0.05) is 18.1 Å². The Balaban J connectivity index is 2.24. The third-order valence-corrected chi connectivity index (χ3v) is 4.86. The molecule has 156 valence electrons. The normalized spacial score (nSPS) is 11.9. The van der Waals surface area contributed by atoms with Gasteiger partial charge in [0.1, 0.15) is 11.9 Å². The largest absolute Gasteiger partial charge is 0.354 e. The zero-order chi connectivity index (χ0) is 21.4. The van der Waals surface area contributed by atoms with Gasteiger partial charge in [-0.25, -0.2) is 4.39 Å². The first-order valence-electron chi connectivity index (χ1n) is 9.86. The molecule has 29 heavy (non-hydrogen) atoms. The number of hydrogen-bond acceptors (Lipinski definition) is 2. The van der Waals surface area contributed by atoms with Crippen molar-refractivity contribution >= 4 is 23.4 Å². The molecule has 0 radical (unpaired) electrons. The fourth-order valence-corrected chi connectivity index (χ4v) is 3.13. The molecule has 2 aromatic rings. The van der Waals surface area contributed by atoms with Crippen LogP contribution in [0.1, 0.15) is 38.3 Å². The second-order valence-corrected chi connectivity index (χ2v) is 7.95. The van der Waals surface area contributed by atoms with E-state index in [1.807, 2.05) is 32.9 Å². The highest BCUT2D eigenvalue weighted by atomic mass is 35.5. The molecule has 0 bridgehead atoms. The summed E-state index contributed by atoms with van der Waals surface area (Å²) in [6, 6.07) is 12.5. The van der Waals surface area contributed by atoms with E-state index in [-0.39, 0.29) is 24.1 Å². The van der Waals surface area contributed by atoms with Crippen LogP contribution in [0.15, 0.2) is 48.5 Å². The van der Waals surface area contributed by atoms with Crippen LogP contribution in [-0.2, 0) is 22.6 Å². The predicted octanol–water partition coefficient (Wildman–Crippen LogP) is 4.60.